The minimum Gasteiger partial charge on any atom is -0.444 e. The van der Waals surface area contributed by atoms with Crippen LogP contribution >= 0.6 is 0 Å². The zero-order valence-electron chi connectivity index (χ0n) is 11.2. The van der Waals surface area contributed by atoms with Crippen LogP contribution in [0.4, 0.5) is 4.79 Å². The molecular formula is C13H16NO3. The molecule has 4 heteroatoms. The number of rotatable bonds is 3. The van der Waals surface area contributed by atoms with Gasteiger partial charge in [0.15, 0.2) is 0 Å². The van der Waals surface area contributed by atoms with Crippen LogP contribution in [0.5, 0.6) is 0 Å². The van der Waals surface area contributed by atoms with Crippen molar-refractivity contribution in [2.45, 2.75) is 32.9 Å². The van der Waals surface area contributed by atoms with E-state index in [-0.39, 0.29) is 18.2 Å². The Morgan fingerprint density at radius 1 is 1.53 bits per heavy atom. The van der Waals surface area contributed by atoms with Gasteiger partial charge in [-0.3, -0.25) is 4.79 Å². The van der Waals surface area contributed by atoms with Crippen molar-refractivity contribution < 1.29 is 15.7 Å². The van der Waals surface area contributed by atoms with Crippen molar-refractivity contribution in [3.8, 4) is 0 Å². The predicted octanol–water partition coefficient (Wildman–Crippen LogP) is 2.17. The topological polar surface area (TPSA) is 55.4 Å². The normalized spacial score (nSPS) is 11.6. The first-order valence-corrected chi connectivity index (χ1v) is 5.27. The lowest BCUT2D eigenvalue weighted by Crippen LogP contribution is -2.32. The Balaban J connectivity index is 2.64. The quantitative estimate of drug-likeness (QED) is 0.873. The molecule has 0 atom stereocenters. The van der Waals surface area contributed by atoms with Crippen LogP contribution in [0.3, 0.4) is 0 Å². The highest BCUT2D eigenvalue weighted by Crippen LogP contribution is 2.07. The van der Waals surface area contributed by atoms with Gasteiger partial charge in [-0.1, -0.05) is 18.2 Å². The van der Waals surface area contributed by atoms with Crippen LogP contribution in [0, 0.1) is 0 Å². The standard InChI is InChI=1S/C13H16NO3/c1-13(2,3)17-12(16)14-8-10-5-4-6-11(7-10)9-15/h4-7H,8H2,1-3H3,(H,14,16)/i7D. The van der Waals surface area contributed by atoms with Crippen molar-refractivity contribution in [2.75, 3.05) is 0 Å². The lowest BCUT2D eigenvalue weighted by atomic mass is 10.1. The first-order chi connectivity index (χ1) is 8.33. The van der Waals surface area contributed by atoms with Crippen molar-refractivity contribution in [1.82, 2.24) is 5.32 Å². The Morgan fingerprint density at radius 2 is 2.24 bits per heavy atom. The molecule has 0 unspecified atom stereocenters. The molecule has 0 aliphatic heterocycles. The summed E-state index contributed by atoms with van der Waals surface area (Å²) in [6, 6.07) is 4.89. The predicted molar refractivity (Wildman–Crippen MR) is 64.3 cm³/mol. The average molecular weight is 235 g/mol. The summed E-state index contributed by atoms with van der Waals surface area (Å²) in [4.78, 5) is 22.0. The fourth-order valence-corrected chi connectivity index (χ4v) is 1.16. The summed E-state index contributed by atoms with van der Waals surface area (Å²) < 4.78 is 12.8. The third-order valence-corrected chi connectivity index (χ3v) is 1.79. The molecule has 0 bridgehead atoms. The molecule has 0 fully saturated rings. The van der Waals surface area contributed by atoms with Crippen LogP contribution in [-0.4, -0.2) is 18.0 Å². The van der Waals surface area contributed by atoms with E-state index < -0.39 is 11.7 Å². The molecule has 0 heterocycles. The van der Waals surface area contributed by atoms with Gasteiger partial charge in [-0.25, -0.2) is 4.79 Å². The minimum atomic E-state index is -0.563. The van der Waals surface area contributed by atoms with Gasteiger partial charge in [0.2, 0.25) is 6.29 Å². The molecular weight excluding hydrogens is 218 g/mol. The zero-order chi connectivity index (χ0) is 13.8. The largest absolute Gasteiger partial charge is 0.444 e. The molecule has 17 heavy (non-hydrogen) atoms. The van der Waals surface area contributed by atoms with E-state index in [9.17, 15) is 9.59 Å². The number of alkyl carbamates (subject to hydrolysis) is 1. The number of benzene rings is 1. The third kappa shape index (κ3) is 5.15. The summed E-state index contributed by atoms with van der Waals surface area (Å²) >= 11 is 0. The molecule has 0 aliphatic rings. The van der Waals surface area contributed by atoms with Gasteiger partial charge in [0, 0.05) is 12.1 Å². The zero-order valence-corrected chi connectivity index (χ0v) is 10.2. The Kier molecular flexibility index (Phi) is 3.75. The molecule has 1 rings (SSSR count). The second kappa shape index (κ2) is 5.48. The highest BCUT2D eigenvalue weighted by molar-refractivity contribution is 5.75. The number of hydrogen-bond donors (Lipinski definition) is 1. The van der Waals surface area contributed by atoms with Gasteiger partial charge in [0.05, 0.1) is 1.37 Å². The molecule has 4 nitrogen and oxygen atoms in total. The summed E-state index contributed by atoms with van der Waals surface area (Å²) in [5.74, 6) is 0. The molecule has 1 aromatic carbocycles. The molecule has 91 valence electrons. The molecule has 0 saturated carbocycles. The van der Waals surface area contributed by atoms with E-state index in [1.807, 2.05) is 0 Å². The van der Waals surface area contributed by atoms with E-state index in [4.69, 9.17) is 6.11 Å². The Hall–Kier alpha value is -1.84. The van der Waals surface area contributed by atoms with Crippen LogP contribution in [0.25, 0.3) is 0 Å². The lowest BCUT2D eigenvalue weighted by molar-refractivity contribution is 0.0523. The van der Waals surface area contributed by atoms with Crippen molar-refractivity contribution in [3.05, 3.63) is 35.4 Å². The van der Waals surface area contributed by atoms with E-state index in [0.29, 0.717) is 5.56 Å². The van der Waals surface area contributed by atoms with Crippen molar-refractivity contribution >= 4 is 12.4 Å². The summed E-state index contributed by atoms with van der Waals surface area (Å²) in [6.45, 7) is 5.45. The molecule has 1 amide bonds. The summed E-state index contributed by atoms with van der Waals surface area (Å²) in [5.41, 5.74) is 0.159. The Labute approximate surface area is 102 Å². The molecule has 0 aromatic heterocycles. The summed E-state index contributed by atoms with van der Waals surface area (Å²) in [6.07, 6.45) is 1.13. The summed E-state index contributed by atoms with van der Waals surface area (Å²) in [5, 5.41) is 2.54. The first-order valence-electron chi connectivity index (χ1n) is 5.77. The van der Waals surface area contributed by atoms with Crippen molar-refractivity contribution in [2.24, 2.45) is 0 Å². The molecule has 0 aliphatic carbocycles. The molecule has 1 radical (unpaired) electrons. The second-order valence-electron chi connectivity index (χ2n) is 4.55. The maximum atomic E-state index is 11.4. The molecule has 0 spiro atoms. The smallest absolute Gasteiger partial charge is 0.407 e. The van der Waals surface area contributed by atoms with Gasteiger partial charge in [-0.2, -0.15) is 0 Å². The monoisotopic (exact) mass is 235 g/mol. The van der Waals surface area contributed by atoms with Crippen molar-refractivity contribution in [1.29, 1.82) is 0 Å². The fraction of sp³-hybridized carbons (Fsp3) is 0.385. The van der Waals surface area contributed by atoms with E-state index in [1.54, 1.807) is 39.2 Å². The fourth-order valence-electron chi connectivity index (χ4n) is 1.16. The number of hydrogen-bond acceptors (Lipinski definition) is 3. The lowest BCUT2D eigenvalue weighted by Gasteiger charge is -2.19. The van der Waals surface area contributed by atoms with Gasteiger partial charge in [-0.15, -0.1) is 0 Å². The Bertz CT molecular complexity index is 452. The highest BCUT2D eigenvalue weighted by Gasteiger charge is 2.15. The first kappa shape index (κ1) is 11.6. The van der Waals surface area contributed by atoms with Crippen LogP contribution in [0.1, 0.15) is 33.3 Å². The van der Waals surface area contributed by atoms with Crippen LogP contribution in [0.15, 0.2) is 24.2 Å². The van der Waals surface area contributed by atoms with Crippen LogP contribution in [-0.2, 0) is 16.1 Å². The van der Waals surface area contributed by atoms with Crippen molar-refractivity contribution in [3.63, 3.8) is 0 Å². The number of carbonyl (C=O) groups excluding carboxylic acids is 2. The maximum absolute atomic E-state index is 11.4. The van der Waals surface area contributed by atoms with E-state index >= 15 is 0 Å². The highest BCUT2D eigenvalue weighted by atomic mass is 16.6. The van der Waals surface area contributed by atoms with E-state index in [2.05, 4.69) is 5.32 Å². The van der Waals surface area contributed by atoms with Gasteiger partial charge in [0.25, 0.3) is 0 Å². The average Bonchev–Trinajstić information content (AvgIpc) is 2.25. The number of nitrogens with one attached hydrogen (secondary N) is 1. The van der Waals surface area contributed by atoms with Gasteiger partial charge in [0.1, 0.15) is 5.60 Å². The van der Waals surface area contributed by atoms with Crippen LogP contribution in [0.2, 0.25) is 0 Å². The molecule has 1 aromatic rings. The number of carbonyl (C=O) groups is 1. The van der Waals surface area contributed by atoms with Gasteiger partial charge in [-0.05, 0) is 32.4 Å². The van der Waals surface area contributed by atoms with Crippen LogP contribution < -0.4 is 5.32 Å². The second-order valence-corrected chi connectivity index (χ2v) is 4.55. The maximum Gasteiger partial charge on any atom is 0.407 e. The van der Waals surface area contributed by atoms with Gasteiger partial charge < -0.3 is 10.1 Å². The SMILES string of the molecule is [2H]c1c([C]=O)cccc1CNC(=O)OC(C)(C)C. The minimum absolute atomic E-state index is 0.0727. The number of ether oxygens (including phenoxy) is 1. The molecule has 1 N–H and O–H groups in total. The number of amides is 1. The van der Waals surface area contributed by atoms with Gasteiger partial charge >= 0.3 is 6.09 Å². The third-order valence-electron chi connectivity index (χ3n) is 1.79. The van der Waals surface area contributed by atoms with E-state index in [1.165, 1.54) is 6.07 Å². The molecule has 0 saturated heterocycles. The summed E-state index contributed by atoms with van der Waals surface area (Å²) in [7, 11) is 0. The van der Waals surface area contributed by atoms with E-state index in [0.717, 1.165) is 0 Å². The Morgan fingerprint density at radius 3 is 2.82 bits per heavy atom.